The maximum Gasteiger partial charge on any atom is 0.306 e. The topological polar surface area (TPSA) is 95.1 Å². The molecule has 1 aliphatic rings. The molecule has 0 saturated heterocycles. The van der Waals surface area contributed by atoms with Crippen LogP contribution in [0.5, 0.6) is 0 Å². The lowest BCUT2D eigenvalue weighted by Crippen LogP contribution is -2.38. The number of carbonyl (C=O) groups is 2. The van der Waals surface area contributed by atoms with Gasteiger partial charge in [0, 0.05) is 24.2 Å². The number of benzene rings is 3. The Labute approximate surface area is 201 Å². The largest absolute Gasteiger partial charge is 0.481 e. The third kappa shape index (κ3) is 4.47. The van der Waals surface area contributed by atoms with Crippen molar-refractivity contribution in [1.82, 2.24) is 9.88 Å². The van der Waals surface area contributed by atoms with E-state index in [1.54, 1.807) is 18.3 Å². The van der Waals surface area contributed by atoms with Crippen molar-refractivity contribution in [2.24, 2.45) is 5.92 Å². The fourth-order valence-corrected chi connectivity index (χ4v) is 5.01. The highest BCUT2D eigenvalue weighted by molar-refractivity contribution is 6.06. The van der Waals surface area contributed by atoms with Gasteiger partial charge in [-0.25, -0.2) is 4.39 Å². The summed E-state index contributed by atoms with van der Waals surface area (Å²) in [6, 6.07) is 18.0. The van der Waals surface area contributed by atoms with E-state index < -0.39 is 5.97 Å². The third-order valence-electron chi connectivity index (χ3n) is 6.92. The molecule has 1 fully saturated rings. The number of fused-ring (bicyclic) bond motifs is 2. The molecule has 6 nitrogen and oxygen atoms in total. The molecule has 0 atom stereocenters. The number of amides is 1. The Balaban J connectivity index is 1.42. The predicted molar refractivity (Wildman–Crippen MR) is 131 cm³/mol. The van der Waals surface area contributed by atoms with Gasteiger partial charge in [-0.2, -0.15) is 5.26 Å². The Morgan fingerprint density at radius 3 is 2.51 bits per heavy atom. The minimum absolute atomic E-state index is 0.0968. The molecule has 5 rings (SSSR count). The van der Waals surface area contributed by atoms with Gasteiger partial charge < -0.3 is 15.0 Å². The van der Waals surface area contributed by atoms with Crippen molar-refractivity contribution >= 4 is 33.6 Å². The molecule has 4 aromatic rings. The zero-order chi connectivity index (χ0) is 24.5. The van der Waals surface area contributed by atoms with Crippen LogP contribution in [0.2, 0.25) is 0 Å². The van der Waals surface area contributed by atoms with Crippen LogP contribution in [0, 0.1) is 23.1 Å². The molecule has 0 bridgehead atoms. The summed E-state index contributed by atoms with van der Waals surface area (Å²) < 4.78 is 16.5. The number of carboxylic acids is 1. The molecule has 1 saturated carbocycles. The van der Waals surface area contributed by atoms with Crippen LogP contribution in [0.3, 0.4) is 0 Å². The average molecular weight is 470 g/mol. The van der Waals surface area contributed by atoms with E-state index >= 15 is 0 Å². The van der Waals surface area contributed by atoms with Gasteiger partial charge in [0.1, 0.15) is 5.82 Å². The number of aliphatic carboxylic acids is 1. The smallest absolute Gasteiger partial charge is 0.306 e. The van der Waals surface area contributed by atoms with E-state index in [1.165, 1.54) is 12.1 Å². The molecule has 0 spiro atoms. The van der Waals surface area contributed by atoms with E-state index in [9.17, 15) is 19.1 Å². The van der Waals surface area contributed by atoms with Crippen LogP contribution in [-0.2, 0) is 11.3 Å². The summed E-state index contributed by atoms with van der Waals surface area (Å²) in [5.41, 5.74) is 2.51. The van der Waals surface area contributed by atoms with Gasteiger partial charge in [-0.3, -0.25) is 9.59 Å². The number of nitrogens with zero attached hydrogens (tertiary/aromatic N) is 2. The second-order valence-electron chi connectivity index (χ2n) is 9.17. The van der Waals surface area contributed by atoms with Crippen molar-refractivity contribution in [2.45, 2.75) is 38.3 Å². The van der Waals surface area contributed by atoms with E-state index in [4.69, 9.17) is 5.26 Å². The Hall–Kier alpha value is -4.18. The standard InChI is InChI=1S/C28H24FN3O3/c29-25-10-9-24(27(33)31-22-7-5-19(6-8-22)28(34)35)26-23(25)11-12-32(26)16-18-2-4-20-13-17(15-30)1-3-21(20)14-18/h1-4,9-14,19,22H,5-8,16H2,(H,31,33)(H,34,35). The monoisotopic (exact) mass is 469 g/mol. The predicted octanol–water partition coefficient (Wildman–Crippen LogP) is 5.23. The van der Waals surface area contributed by atoms with Crippen molar-refractivity contribution in [3.8, 4) is 6.07 Å². The van der Waals surface area contributed by atoms with Crippen molar-refractivity contribution in [2.75, 3.05) is 0 Å². The first kappa shape index (κ1) is 22.6. The number of nitriles is 1. The number of aromatic nitrogens is 1. The molecule has 1 aliphatic carbocycles. The zero-order valence-electron chi connectivity index (χ0n) is 19.0. The highest BCUT2D eigenvalue weighted by atomic mass is 19.1. The average Bonchev–Trinajstić information content (AvgIpc) is 3.28. The van der Waals surface area contributed by atoms with Gasteiger partial charge in [-0.15, -0.1) is 0 Å². The molecule has 1 aromatic heterocycles. The highest BCUT2D eigenvalue weighted by Crippen LogP contribution is 2.28. The molecule has 35 heavy (non-hydrogen) atoms. The fourth-order valence-electron chi connectivity index (χ4n) is 5.01. The number of halogens is 1. The molecular formula is C28H24FN3O3. The second kappa shape index (κ2) is 9.22. The second-order valence-corrected chi connectivity index (χ2v) is 9.17. The molecule has 0 aliphatic heterocycles. The van der Waals surface area contributed by atoms with Gasteiger partial charge in [-0.05, 0) is 78.4 Å². The van der Waals surface area contributed by atoms with Gasteiger partial charge in [-0.1, -0.05) is 18.2 Å². The van der Waals surface area contributed by atoms with E-state index in [2.05, 4.69) is 11.4 Å². The van der Waals surface area contributed by atoms with E-state index in [0.717, 1.165) is 16.3 Å². The molecule has 7 heteroatoms. The highest BCUT2D eigenvalue weighted by Gasteiger charge is 2.27. The lowest BCUT2D eigenvalue weighted by molar-refractivity contribution is -0.142. The van der Waals surface area contributed by atoms with Crippen molar-refractivity contribution in [3.63, 3.8) is 0 Å². The molecular weight excluding hydrogens is 445 g/mol. The first-order valence-electron chi connectivity index (χ1n) is 11.7. The van der Waals surface area contributed by atoms with Gasteiger partial charge in [0.2, 0.25) is 0 Å². The Bertz CT molecular complexity index is 1490. The lowest BCUT2D eigenvalue weighted by Gasteiger charge is -2.27. The molecule has 0 radical (unpaired) electrons. The Morgan fingerprint density at radius 2 is 1.77 bits per heavy atom. The summed E-state index contributed by atoms with van der Waals surface area (Å²) in [4.78, 5) is 24.4. The molecule has 3 aromatic carbocycles. The summed E-state index contributed by atoms with van der Waals surface area (Å²) in [7, 11) is 0. The van der Waals surface area contributed by atoms with Crippen LogP contribution >= 0.6 is 0 Å². The minimum Gasteiger partial charge on any atom is -0.481 e. The molecule has 1 heterocycles. The fraction of sp³-hybridized carbons (Fsp3) is 0.250. The van der Waals surface area contributed by atoms with Crippen LogP contribution < -0.4 is 5.32 Å². The summed E-state index contributed by atoms with van der Waals surface area (Å²) >= 11 is 0. The van der Waals surface area contributed by atoms with Crippen LogP contribution in [0.15, 0.2) is 60.8 Å². The van der Waals surface area contributed by atoms with E-state index in [1.807, 2.05) is 34.9 Å². The number of carbonyl (C=O) groups excluding carboxylic acids is 1. The van der Waals surface area contributed by atoms with Gasteiger partial charge in [0.15, 0.2) is 0 Å². The molecule has 1 amide bonds. The Morgan fingerprint density at radius 1 is 1.03 bits per heavy atom. The van der Waals surface area contributed by atoms with Crippen molar-refractivity contribution in [3.05, 3.63) is 83.3 Å². The SMILES string of the molecule is N#Cc1ccc2cc(Cn3ccc4c(F)ccc(C(=O)NC5CCC(C(=O)O)CC5)c43)ccc2c1. The van der Waals surface area contributed by atoms with Crippen molar-refractivity contribution in [1.29, 1.82) is 5.26 Å². The summed E-state index contributed by atoms with van der Waals surface area (Å²) in [6.45, 7) is 0.451. The lowest BCUT2D eigenvalue weighted by atomic mass is 9.86. The third-order valence-corrected chi connectivity index (χ3v) is 6.92. The van der Waals surface area contributed by atoms with Crippen LogP contribution in [0.4, 0.5) is 4.39 Å². The number of hydrogen-bond donors (Lipinski definition) is 2. The maximum atomic E-state index is 14.6. The number of hydrogen-bond acceptors (Lipinski definition) is 3. The first-order valence-corrected chi connectivity index (χ1v) is 11.7. The molecule has 176 valence electrons. The van der Waals surface area contributed by atoms with E-state index in [-0.39, 0.29) is 23.7 Å². The van der Waals surface area contributed by atoms with Crippen LogP contribution in [0.25, 0.3) is 21.7 Å². The van der Waals surface area contributed by atoms with Crippen molar-refractivity contribution < 1.29 is 19.1 Å². The molecule has 2 N–H and O–H groups in total. The quantitative estimate of drug-likeness (QED) is 0.419. The summed E-state index contributed by atoms with van der Waals surface area (Å²) in [6.07, 6.45) is 4.07. The zero-order valence-corrected chi connectivity index (χ0v) is 19.0. The van der Waals surface area contributed by atoms with E-state index in [0.29, 0.717) is 54.3 Å². The van der Waals surface area contributed by atoms with Gasteiger partial charge in [0.05, 0.1) is 28.6 Å². The number of carboxylic acid groups (broad SMARTS) is 1. The van der Waals surface area contributed by atoms with Crippen LogP contribution in [0.1, 0.15) is 47.2 Å². The minimum atomic E-state index is -0.785. The first-order chi connectivity index (χ1) is 16.9. The Kier molecular flexibility index (Phi) is 5.96. The normalized spacial score (nSPS) is 17.8. The van der Waals surface area contributed by atoms with Gasteiger partial charge in [0.25, 0.3) is 5.91 Å². The summed E-state index contributed by atoms with van der Waals surface area (Å²) in [5.74, 6) is -1.81. The maximum absolute atomic E-state index is 14.6. The van der Waals surface area contributed by atoms with Crippen LogP contribution in [-0.4, -0.2) is 27.6 Å². The number of rotatable bonds is 5. The molecule has 0 unspecified atom stereocenters. The summed E-state index contributed by atoms with van der Waals surface area (Å²) in [5, 5.41) is 23.7. The van der Waals surface area contributed by atoms with Gasteiger partial charge >= 0.3 is 5.97 Å². The number of nitrogens with one attached hydrogen (secondary N) is 1.